The largest absolute Gasteiger partial charge is 0.478 e. The number of amides is 2. The normalized spacial score (nSPS) is 11.4. The van der Waals surface area contributed by atoms with Gasteiger partial charge in [0.15, 0.2) is 0 Å². The number of aryl methyl sites for hydroxylation is 1. The second-order valence-corrected chi connectivity index (χ2v) is 4.61. The van der Waals surface area contributed by atoms with Gasteiger partial charge in [-0.3, -0.25) is 0 Å². The number of anilines is 1. The zero-order chi connectivity index (χ0) is 16.2. The summed E-state index contributed by atoms with van der Waals surface area (Å²) < 4.78 is 4.49. The minimum Gasteiger partial charge on any atom is -0.478 e. The molecule has 7 heteroatoms. The van der Waals surface area contributed by atoms with Crippen LogP contribution in [-0.2, 0) is 9.53 Å². The molecule has 0 fully saturated rings. The number of hydrogen-bond acceptors (Lipinski definition) is 4. The quantitative estimate of drug-likeness (QED) is 0.733. The van der Waals surface area contributed by atoms with E-state index in [1.54, 1.807) is 19.9 Å². The van der Waals surface area contributed by atoms with Gasteiger partial charge in [0.05, 0.1) is 12.7 Å². The van der Waals surface area contributed by atoms with Crippen LogP contribution in [-0.4, -0.2) is 36.2 Å². The predicted molar refractivity (Wildman–Crippen MR) is 76.5 cm³/mol. The Labute approximate surface area is 122 Å². The fourth-order valence-corrected chi connectivity index (χ4v) is 1.75. The summed E-state index contributed by atoms with van der Waals surface area (Å²) in [4.78, 5) is 34.1. The van der Waals surface area contributed by atoms with Crippen LogP contribution in [0.5, 0.6) is 0 Å². The zero-order valence-electron chi connectivity index (χ0n) is 12.3. The van der Waals surface area contributed by atoms with Gasteiger partial charge in [-0.25, -0.2) is 14.4 Å². The molecule has 114 valence electrons. The lowest BCUT2D eigenvalue weighted by molar-refractivity contribution is -0.142. The highest BCUT2D eigenvalue weighted by molar-refractivity contribution is 5.95. The van der Waals surface area contributed by atoms with Crippen molar-refractivity contribution in [2.24, 2.45) is 0 Å². The third-order valence-corrected chi connectivity index (χ3v) is 3.06. The maximum atomic E-state index is 11.7. The number of urea groups is 1. The number of rotatable bonds is 4. The molecule has 1 aromatic carbocycles. The molecule has 21 heavy (non-hydrogen) atoms. The number of carbonyl (C=O) groups is 3. The molecule has 0 aliphatic rings. The predicted octanol–water partition coefficient (Wildman–Crippen LogP) is 1.68. The number of hydrogen-bond donors (Lipinski definition) is 3. The average molecular weight is 294 g/mol. The number of benzene rings is 1. The first kappa shape index (κ1) is 16.5. The maximum absolute atomic E-state index is 11.7. The Morgan fingerprint density at radius 2 is 1.86 bits per heavy atom. The summed E-state index contributed by atoms with van der Waals surface area (Å²) in [6.45, 7) is 4.93. The molecule has 1 unspecified atom stereocenters. The van der Waals surface area contributed by atoms with E-state index in [1.165, 1.54) is 20.1 Å². The highest BCUT2D eigenvalue weighted by atomic mass is 16.5. The lowest BCUT2D eigenvalue weighted by Crippen LogP contribution is -2.41. The van der Waals surface area contributed by atoms with Gasteiger partial charge < -0.3 is 20.5 Å². The summed E-state index contributed by atoms with van der Waals surface area (Å²) in [5.41, 5.74) is 1.83. The van der Waals surface area contributed by atoms with Gasteiger partial charge in [0, 0.05) is 5.69 Å². The van der Waals surface area contributed by atoms with Crippen molar-refractivity contribution in [1.29, 1.82) is 0 Å². The van der Waals surface area contributed by atoms with Crippen LogP contribution >= 0.6 is 0 Å². The third kappa shape index (κ3) is 4.20. The average Bonchev–Trinajstić information content (AvgIpc) is 2.40. The Balaban J connectivity index is 2.86. The fourth-order valence-electron chi connectivity index (χ4n) is 1.75. The molecule has 2 amide bonds. The van der Waals surface area contributed by atoms with Crippen molar-refractivity contribution < 1.29 is 24.2 Å². The molecule has 1 atom stereocenters. The number of ether oxygens (including phenoxy) is 1. The van der Waals surface area contributed by atoms with Crippen molar-refractivity contribution in [3.05, 3.63) is 28.8 Å². The van der Waals surface area contributed by atoms with Crippen molar-refractivity contribution in [1.82, 2.24) is 5.32 Å². The SMILES string of the molecule is COC(=O)C(C)NC(=O)Nc1cc(C)c(C)c(C(=O)O)c1. The molecule has 1 rings (SSSR count). The number of esters is 1. The first-order valence-corrected chi connectivity index (χ1v) is 6.26. The van der Waals surface area contributed by atoms with E-state index in [-0.39, 0.29) is 5.56 Å². The summed E-state index contributed by atoms with van der Waals surface area (Å²) in [7, 11) is 1.22. The maximum Gasteiger partial charge on any atom is 0.336 e. The van der Waals surface area contributed by atoms with E-state index in [2.05, 4.69) is 15.4 Å². The Hall–Kier alpha value is -2.57. The summed E-state index contributed by atoms with van der Waals surface area (Å²) in [5.74, 6) is -1.64. The van der Waals surface area contributed by atoms with Gasteiger partial charge in [-0.15, -0.1) is 0 Å². The smallest absolute Gasteiger partial charge is 0.336 e. The minimum absolute atomic E-state index is 0.117. The molecule has 0 heterocycles. The van der Waals surface area contributed by atoms with E-state index < -0.39 is 24.0 Å². The Bertz CT molecular complexity index is 583. The monoisotopic (exact) mass is 294 g/mol. The van der Waals surface area contributed by atoms with Gasteiger partial charge in [0.25, 0.3) is 0 Å². The molecule has 0 radical (unpaired) electrons. The second-order valence-electron chi connectivity index (χ2n) is 4.61. The Morgan fingerprint density at radius 3 is 2.38 bits per heavy atom. The first-order chi connectivity index (χ1) is 9.76. The van der Waals surface area contributed by atoms with E-state index in [0.717, 1.165) is 5.56 Å². The van der Waals surface area contributed by atoms with Crippen molar-refractivity contribution in [3.8, 4) is 0 Å². The zero-order valence-corrected chi connectivity index (χ0v) is 12.3. The molecule has 0 aliphatic carbocycles. The molecule has 0 saturated heterocycles. The van der Waals surface area contributed by atoms with Gasteiger partial charge in [-0.1, -0.05) is 0 Å². The summed E-state index contributed by atoms with van der Waals surface area (Å²) in [5, 5.41) is 14.0. The molecule has 1 aromatic rings. The number of aromatic carboxylic acids is 1. The molecule has 0 aliphatic heterocycles. The summed E-state index contributed by atoms with van der Waals surface area (Å²) in [6, 6.07) is 1.60. The van der Waals surface area contributed by atoms with Crippen LogP contribution in [0.3, 0.4) is 0 Å². The third-order valence-electron chi connectivity index (χ3n) is 3.06. The summed E-state index contributed by atoms with van der Waals surface area (Å²) >= 11 is 0. The summed E-state index contributed by atoms with van der Waals surface area (Å²) in [6.07, 6.45) is 0. The number of carboxylic acid groups (broad SMARTS) is 1. The standard InChI is InChI=1S/C14H18N2O5/c1-7-5-10(6-11(8(7)2)12(17)18)16-14(20)15-9(3)13(19)21-4/h5-6,9H,1-4H3,(H,17,18)(H2,15,16,20). The van der Waals surface area contributed by atoms with Crippen molar-refractivity contribution >= 4 is 23.7 Å². The lowest BCUT2D eigenvalue weighted by atomic mass is 10.0. The number of methoxy groups -OCH3 is 1. The molecule has 7 nitrogen and oxygen atoms in total. The molecule has 0 aromatic heterocycles. The molecule has 3 N–H and O–H groups in total. The minimum atomic E-state index is -1.07. The fraction of sp³-hybridized carbons (Fsp3) is 0.357. The Morgan fingerprint density at radius 1 is 1.24 bits per heavy atom. The highest BCUT2D eigenvalue weighted by Gasteiger charge is 2.17. The van der Waals surface area contributed by atoms with Gasteiger partial charge in [-0.05, 0) is 44.0 Å². The first-order valence-electron chi connectivity index (χ1n) is 6.26. The van der Waals surface area contributed by atoms with Crippen LogP contribution in [0.25, 0.3) is 0 Å². The van der Waals surface area contributed by atoms with Gasteiger partial charge in [0.1, 0.15) is 6.04 Å². The topological polar surface area (TPSA) is 105 Å². The van der Waals surface area contributed by atoms with Crippen LogP contribution in [0.4, 0.5) is 10.5 Å². The molecule has 0 bridgehead atoms. The van der Waals surface area contributed by atoms with Crippen LogP contribution in [0.15, 0.2) is 12.1 Å². The van der Waals surface area contributed by atoms with Crippen molar-refractivity contribution in [2.75, 3.05) is 12.4 Å². The van der Waals surface area contributed by atoms with Crippen LogP contribution in [0, 0.1) is 13.8 Å². The van der Waals surface area contributed by atoms with E-state index in [0.29, 0.717) is 11.3 Å². The number of carboxylic acids is 1. The van der Waals surface area contributed by atoms with Crippen LogP contribution in [0.2, 0.25) is 0 Å². The van der Waals surface area contributed by atoms with E-state index in [9.17, 15) is 14.4 Å². The van der Waals surface area contributed by atoms with E-state index >= 15 is 0 Å². The Kier molecular flexibility index (Phi) is 5.29. The van der Waals surface area contributed by atoms with Gasteiger partial charge in [0.2, 0.25) is 0 Å². The van der Waals surface area contributed by atoms with Crippen molar-refractivity contribution in [2.45, 2.75) is 26.8 Å². The molecule has 0 spiro atoms. The van der Waals surface area contributed by atoms with Crippen molar-refractivity contribution in [3.63, 3.8) is 0 Å². The second kappa shape index (κ2) is 6.74. The number of carbonyl (C=O) groups excluding carboxylic acids is 2. The molecular weight excluding hydrogens is 276 g/mol. The molecular formula is C14H18N2O5. The van der Waals surface area contributed by atoms with E-state index in [4.69, 9.17) is 5.11 Å². The van der Waals surface area contributed by atoms with Crippen LogP contribution in [0.1, 0.15) is 28.4 Å². The van der Waals surface area contributed by atoms with E-state index in [1.807, 2.05) is 0 Å². The molecule has 0 saturated carbocycles. The lowest BCUT2D eigenvalue weighted by Gasteiger charge is -2.14. The number of nitrogens with one attached hydrogen (secondary N) is 2. The van der Waals surface area contributed by atoms with Crippen LogP contribution < -0.4 is 10.6 Å². The van der Waals surface area contributed by atoms with Gasteiger partial charge in [-0.2, -0.15) is 0 Å². The van der Waals surface area contributed by atoms with Gasteiger partial charge >= 0.3 is 18.0 Å². The highest BCUT2D eigenvalue weighted by Crippen LogP contribution is 2.20.